The van der Waals surface area contributed by atoms with Crippen molar-refractivity contribution >= 4 is 49.1 Å². The molecule has 1 N–H and O–H groups in total. The minimum atomic E-state index is -0.108. The van der Waals surface area contributed by atoms with E-state index in [2.05, 4.69) is 37.2 Å². The maximum atomic E-state index is 12.5. The Morgan fingerprint density at radius 3 is 2.36 bits per heavy atom. The van der Waals surface area contributed by atoms with Crippen molar-refractivity contribution in [1.29, 1.82) is 0 Å². The third-order valence-corrected chi connectivity index (χ3v) is 7.42. The van der Waals surface area contributed by atoms with E-state index >= 15 is 0 Å². The topological polar surface area (TPSA) is 46.9 Å². The molecule has 0 aliphatic heterocycles. The number of carbonyl (C=O) groups is 1. The molecule has 4 rings (SSSR count). The van der Waals surface area contributed by atoms with Crippen molar-refractivity contribution in [2.75, 3.05) is 0 Å². The molecule has 0 aliphatic carbocycles. The lowest BCUT2D eigenvalue weighted by Gasteiger charge is -2.04. The van der Waals surface area contributed by atoms with Crippen molar-refractivity contribution in [1.82, 2.24) is 15.1 Å². The summed E-state index contributed by atoms with van der Waals surface area (Å²) in [5.41, 5.74) is 3.81. The van der Waals surface area contributed by atoms with Crippen LogP contribution in [0.4, 0.5) is 0 Å². The summed E-state index contributed by atoms with van der Waals surface area (Å²) >= 11 is 8.25. The first-order chi connectivity index (χ1) is 13.6. The third kappa shape index (κ3) is 4.11. The van der Waals surface area contributed by atoms with Crippen LogP contribution in [0.3, 0.4) is 0 Å². The van der Waals surface area contributed by atoms with E-state index in [0.717, 1.165) is 30.8 Å². The first-order valence-electron chi connectivity index (χ1n) is 8.54. The van der Waals surface area contributed by atoms with Gasteiger partial charge in [0.2, 0.25) is 0 Å². The summed E-state index contributed by atoms with van der Waals surface area (Å²) in [7, 11) is 0. The maximum Gasteiger partial charge on any atom is 0.261 e. The zero-order valence-electron chi connectivity index (χ0n) is 14.6. The summed E-state index contributed by atoms with van der Waals surface area (Å²) < 4.78 is 3.63. The molecule has 2 aromatic heterocycles. The zero-order valence-corrected chi connectivity index (χ0v) is 18.6. The standard InChI is InChI=1S/C21H15Br2N3OS/c22-17-11-18(28-20(17)23)21(27)24-12-15-13-26(16-9-5-2-6-10-16)25-19(15)14-7-3-1-4-8-14/h1-11,13H,12H2,(H,24,27). The molecule has 0 spiro atoms. The fraction of sp³-hybridized carbons (Fsp3) is 0.0476. The van der Waals surface area contributed by atoms with Crippen molar-refractivity contribution in [3.63, 3.8) is 0 Å². The van der Waals surface area contributed by atoms with E-state index in [0.29, 0.717) is 11.4 Å². The van der Waals surface area contributed by atoms with Gasteiger partial charge in [-0.05, 0) is 50.1 Å². The zero-order chi connectivity index (χ0) is 19.5. The second-order valence-electron chi connectivity index (χ2n) is 6.06. The number of benzene rings is 2. The molecule has 0 saturated carbocycles. The summed E-state index contributed by atoms with van der Waals surface area (Å²) in [6.45, 7) is 0.392. The molecule has 4 aromatic rings. The summed E-state index contributed by atoms with van der Waals surface area (Å²) in [6.07, 6.45) is 1.97. The highest BCUT2D eigenvalue weighted by atomic mass is 79.9. The summed E-state index contributed by atoms with van der Waals surface area (Å²) in [5.74, 6) is -0.108. The summed E-state index contributed by atoms with van der Waals surface area (Å²) in [4.78, 5) is 13.2. The van der Waals surface area contributed by atoms with Crippen LogP contribution in [0.25, 0.3) is 16.9 Å². The van der Waals surface area contributed by atoms with Gasteiger partial charge in [0.25, 0.3) is 5.91 Å². The minimum Gasteiger partial charge on any atom is -0.347 e. The van der Waals surface area contributed by atoms with Gasteiger partial charge < -0.3 is 5.32 Å². The van der Waals surface area contributed by atoms with E-state index in [9.17, 15) is 4.79 Å². The molecule has 28 heavy (non-hydrogen) atoms. The van der Waals surface area contributed by atoms with Crippen LogP contribution in [0.15, 0.2) is 81.2 Å². The molecule has 0 saturated heterocycles. The van der Waals surface area contributed by atoms with E-state index in [1.54, 1.807) is 0 Å². The molecule has 0 fully saturated rings. The van der Waals surface area contributed by atoms with Crippen LogP contribution in [0.1, 0.15) is 15.2 Å². The van der Waals surface area contributed by atoms with Crippen molar-refractivity contribution in [3.8, 4) is 16.9 Å². The number of rotatable bonds is 5. The van der Waals surface area contributed by atoms with Crippen LogP contribution < -0.4 is 5.32 Å². The molecule has 4 nitrogen and oxygen atoms in total. The predicted molar refractivity (Wildman–Crippen MR) is 120 cm³/mol. The Hall–Kier alpha value is -2.22. The highest BCUT2D eigenvalue weighted by molar-refractivity contribution is 9.13. The number of halogens is 2. The van der Waals surface area contributed by atoms with Gasteiger partial charge in [0, 0.05) is 28.3 Å². The Labute approximate surface area is 183 Å². The van der Waals surface area contributed by atoms with E-state index in [1.807, 2.05) is 77.6 Å². The summed E-state index contributed by atoms with van der Waals surface area (Å²) in [5, 5.41) is 7.78. The molecule has 7 heteroatoms. The third-order valence-electron chi connectivity index (χ3n) is 4.17. The number of hydrogen-bond donors (Lipinski definition) is 1. The lowest BCUT2D eigenvalue weighted by molar-refractivity contribution is 0.0955. The molecule has 0 aliphatic rings. The molecule has 0 bridgehead atoms. The number of carbonyl (C=O) groups excluding carboxylic acids is 1. The lowest BCUT2D eigenvalue weighted by Crippen LogP contribution is -2.21. The van der Waals surface area contributed by atoms with Gasteiger partial charge in [0.05, 0.1) is 20.0 Å². The number of para-hydroxylation sites is 1. The monoisotopic (exact) mass is 515 g/mol. The average molecular weight is 517 g/mol. The fourth-order valence-corrected chi connectivity index (χ4v) is 4.76. The second-order valence-corrected chi connectivity index (χ2v) is 9.29. The number of hydrogen-bond acceptors (Lipinski definition) is 3. The van der Waals surface area contributed by atoms with Gasteiger partial charge in [0.1, 0.15) is 0 Å². The number of nitrogens with one attached hydrogen (secondary N) is 1. The van der Waals surface area contributed by atoms with E-state index in [4.69, 9.17) is 5.10 Å². The lowest BCUT2D eigenvalue weighted by atomic mass is 10.1. The van der Waals surface area contributed by atoms with Gasteiger partial charge in [-0.2, -0.15) is 5.10 Å². The van der Waals surface area contributed by atoms with Crippen molar-refractivity contribution in [3.05, 3.63) is 91.6 Å². The van der Waals surface area contributed by atoms with Gasteiger partial charge in [-0.1, -0.05) is 48.5 Å². The van der Waals surface area contributed by atoms with Crippen molar-refractivity contribution in [2.45, 2.75) is 6.54 Å². The number of aromatic nitrogens is 2. The molecule has 1 amide bonds. The number of amides is 1. The molecule has 0 unspecified atom stereocenters. The van der Waals surface area contributed by atoms with E-state index < -0.39 is 0 Å². The Morgan fingerprint density at radius 1 is 1.04 bits per heavy atom. The Balaban J connectivity index is 1.63. The highest BCUT2D eigenvalue weighted by Gasteiger charge is 2.15. The van der Waals surface area contributed by atoms with Crippen molar-refractivity contribution in [2.24, 2.45) is 0 Å². The molecule has 2 aromatic carbocycles. The number of thiophene rings is 1. The van der Waals surface area contributed by atoms with Crippen LogP contribution >= 0.6 is 43.2 Å². The fourth-order valence-electron chi connectivity index (χ4n) is 2.81. The van der Waals surface area contributed by atoms with E-state index in [1.165, 1.54) is 11.3 Å². The molecule has 2 heterocycles. The van der Waals surface area contributed by atoms with Crippen LogP contribution in [-0.2, 0) is 6.54 Å². The van der Waals surface area contributed by atoms with Crippen LogP contribution in [-0.4, -0.2) is 15.7 Å². The SMILES string of the molecule is O=C(NCc1cn(-c2ccccc2)nc1-c1ccccc1)c1cc(Br)c(Br)s1. The van der Waals surface area contributed by atoms with Gasteiger partial charge in [0.15, 0.2) is 0 Å². The van der Waals surface area contributed by atoms with Gasteiger partial charge >= 0.3 is 0 Å². The van der Waals surface area contributed by atoms with Gasteiger partial charge in [-0.25, -0.2) is 4.68 Å². The predicted octanol–water partition coefficient (Wildman–Crippen LogP) is 6.06. The Morgan fingerprint density at radius 2 is 1.71 bits per heavy atom. The average Bonchev–Trinajstić information content (AvgIpc) is 3.31. The minimum absolute atomic E-state index is 0.108. The van der Waals surface area contributed by atoms with E-state index in [-0.39, 0.29) is 5.91 Å². The van der Waals surface area contributed by atoms with Gasteiger partial charge in [-0.15, -0.1) is 11.3 Å². The molecule has 0 radical (unpaired) electrons. The normalized spacial score (nSPS) is 10.8. The summed E-state index contributed by atoms with van der Waals surface area (Å²) in [6, 6.07) is 21.8. The smallest absolute Gasteiger partial charge is 0.261 e. The molecular weight excluding hydrogens is 502 g/mol. The van der Waals surface area contributed by atoms with Crippen LogP contribution in [0.2, 0.25) is 0 Å². The van der Waals surface area contributed by atoms with Crippen LogP contribution in [0.5, 0.6) is 0 Å². The largest absolute Gasteiger partial charge is 0.347 e. The molecule has 0 atom stereocenters. The molecular formula is C21H15Br2N3OS. The van der Waals surface area contributed by atoms with Gasteiger partial charge in [-0.3, -0.25) is 4.79 Å². The first-order valence-corrected chi connectivity index (χ1v) is 10.9. The van der Waals surface area contributed by atoms with Crippen LogP contribution in [0, 0.1) is 0 Å². The second kappa shape index (κ2) is 8.43. The molecule has 140 valence electrons. The van der Waals surface area contributed by atoms with Crippen molar-refractivity contribution < 1.29 is 4.79 Å². The Kier molecular flexibility index (Phi) is 5.75. The maximum absolute atomic E-state index is 12.5. The first kappa shape index (κ1) is 19.1. The number of nitrogens with zero attached hydrogens (tertiary/aromatic N) is 2. The quantitative estimate of drug-likeness (QED) is 0.350. The Bertz CT molecular complexity index is 1090. The highest BCUT2D eigenvalue weighted by Crippen LogP contribution is 2.32.